The monoisotopic (exact) mass is 563 g/mol. The van der Waals surface area contributed by atoms with Gasteiger partial charge < -0.3 is 29.5 Å². The van der Waals surface area contributed by atoms with E-state index in [4.69, 9.17) is 14.6 Å². The largest absolute Gasteiger partial charge is 0.490 e. The molecule has 4 rings (SSSR count). The van der Waals surface area contributed by atoms with E-state index in [-0.39, 0.29) is 36.6 Å². The number of pyridine rings is 1. The van der Waals surface area contributed by atoms with Crippen LogP contribution in [0.25, 0.3) is 0 Å². The molecule has 0 unspecified atom stereocenters. The summed E-state index contributed by atoms with van der Waals surface area (Å²) in [6, 6.07) is 3.09. The number of carbonyl (C=O) groups is 3. The Kier molecular flexibility index (Phi) is 10.8. The Morgan fingerprint density at radius 2 is 1.79 bits per heavy atom. The average Bonchev–Trinajstić information content (AvgIpc) is 2.88. The molecule has 4 heterocycles. The molecule has 0 radical (unpaired) electrons. The summed E-state index contributed by atoms with van der Waals surface area (Å²) in [7, 11) is 0. The van der Waals surface area contributed by atoms with E-state index in [2.05, 4.69) is 15.5 Å². The predicted molar refractivity (Wildman–Crippen MR) is 130 cm³/mol. The fraction of sp³-hybridized carbons (Fsp3) is 0.667. The molecule has 3 N–H and O–H groups in total. The van der Waals surface area contributed by atoms with Gasteiger partial charge in [-0.3, -0.25) is 14.9 Å². The minimum absolute atomic E-state index is 0.0984. The summed E-state index contributed by atoms with van der Waals surface area (Å²) >= 11 is 0. The van der Waals surface area contributed by atoms with Crippen LogP contribution >= 0.6 is 0 Å². The number of rotatable bonds is 7. The molecular formula is C24H33F4N5O6. The SMILES string of the molecule is O=C(O)C(F)(F)F.O=C1CCN(Cc2cccn(CCN3CCC(O[C@@H]4CCNC[C@H]4F)CC3)c2=O)C(=O)N1. The van der Waals surface area contributed by atoms with E-state index in [0.717, 1.165) is 45.4 Å². The number of carboxylic acid groups (broad SMARTS) is 1. The number of imide groups is 1. The molecule has 0 bridgehead atoms. The number of urea groups is 1. The van der Waals surface area contributed by atoms with Crippen molar-refractivity contribution >= 4 is 17.9 Å². The molecule has 3 saturated heterocycles. The number of amides is 3. The van der Waals surface area contributed by atoms with E-state index in [0.29, 0.717) is 25.2 Å². The number of carboxylic acids is 1. The summed E-state index contributed by atoms with van der Waals surface area (Å²) < 4.78 is 53.4. The number of nitrogens with zero attached hydrogens (tertiary/aromatic N) is 3. The number of hydrogen-bond acceptors (Lipinski definition) is 7. The Labute approximate surface area is 222 Å². The molecule has 0 aliphatic carbocycles. The molecule has 3 aliphatic heterocycles. The molecule has 3 fully saturated rings. The molecule has 0 spiro atoms. The lowest BCUT2D eigenvalue weighted by Gasteiger charge is -2.36. The highest BCUT2D eigenvalue weighted by atomic mass is 19.4. The van der Waals surface area contributed by atoms with Gasteiger partial charge in [-0.25, -0.2) is 14.0 Å². The van der Waals surface area contributed by atoms with E-state index in [1.54, 1.807) is 16.8 Å². The number of halogens is 4. The molecule has 15 heteroatoms. The lowest BCUT2D eigenvalue weighted by molar-refractivity contribution is -0.192. The highest BCUT2D eigenvalue weighted by molar-refractivity contribution is 5.96. The van der Waals surface area contributed by atoms with Crippen LogP contribution in [0.5, 0.6) is 0 Å². The van der Waals surface area contributed by atoms with Crippen molar-refractivity contribution in [3.8, 4) is 0 Å². The minimum atomic E-state index is -5.08. The van der Waals surface area contributed by atoms with Gasteiger partial charge in [-0.05, 0) is 31.9 Å². The third-order valence-electron chi connectivity index (χ3n) is 6.75. The Morgan fingerprint density at radius 3 is 2.41 bits per heavy atom. The molecule has 1 aromatic rings. The number of aliphatic carboxylic acids is 1. The molecule has 3 aliphatic rings. The average molecular weight is 564 g/mol. The summed E-state index contributed by atoms with van der Waals surface area (Å²) in [5.74, 6) is -3.04. The van der Waals surface area contributed by atoms with Crippen molar-refractivity contribution in [1.29, 1.82) is 0 Å². The van der Waals surface area contributed by atoms with Crippen molar-refractivity contribution in [2.45, 2.75) is 63.3 Å². The summed E-state index contributed by atoms with van der Waals surface area (Å²) in [4.78, 5) is 48.8. The van der Waals surface area contributed by atoms with Crippen LogP contribution in [0.3, 0.4) is 0 Å². The van der Waals surface area contributed by atoms with E-state index in [1.165, 1.54) is 4.90 Å². The second kappa shape index (κ2) is 13.8. The van der Waals surface area contributed by atoms with E-state index in [1.807, 2.05) is 6.07 Å². The number of aromatic nitrogens is 1. The van der Waals surface area contributed by atoms with Gasteiger partial charge >= 0.3 is 18.2 Å². The number of hydrogen-bond donors (Lipinski definition) is 3. The van der Waals surface area contributed by atoms with Crippen molar-refractivity contribution < 1.29 is 41.8 Å². The smallest absolute Gasteiger partial charge is 0.475 e. The van der Waals surface area contributed by atoms with Crippen LogP contribution in [0.4, 0.5) is 22.4 Å². The quantitative estimate of drug-likeness (QED) is 0.421. The molecule has 1 aromatic heterocycles. The second-order valence-electron chi connectivity index (χ2n) is 9.58. The fourth-order valence-corrected chi connectivity index (χ4v) is 4.55. The summed E-state index contributed by atoms with van der Waals surface area (Å²) in [6.07, 6.45) is -1.75. The maximum Gasteiger partial charge on any atom is 0.490 e. The number of nitrogens with one attached hydrogen (secondary N) is 2. The third kappa shape index (κ3) is 9.28. The van der Waals surface area contributed by atoms with Gasteiger partial charge in [0.1, 0.15) is 6.17 Å². The number of alkyl halides is 4. The third-order valence-corrected chi connectivity index (χ3v) is 6.75. The number of likely N-dealkylation sites (tertiary alicyclic amines) is 1. The Bertz CT molecular complexity index is 1060. The molecule has 218 valence electrons. The normalized spacial score (nSPS) is 23.1. The zero-order valence-corrected chi connectivity index (χ0v) is 21.3. The van der Waals surface area contributed by atoms with Gasteiger partial charge in [-0.1, -0.05) is 6.07 Å². The highest BCUT2D eigenvalue weighted by Gasteiger charge is 2.38. The van der Waals surface area contributed by atoms with Gasteiger partial charge in [0.15, 0.2) is 0 Å². The first-order valence-electron chi connectivity index (χ1n) is 12.7. The van der Waals surface area contributed by atoms with Crippen LogP contribution in [-0.2, 0) is 27.4 Å². The van der Waals surface area contributed by atoms with Crippen LogP contribution in [0, 0.1) is 0 Å². The van der Waals surface area contributed by atoms with Gasteiger partial charge in [0, 0.05) is 57.4 Å². The number of carbonyl (C=O) groups excluding carboxylic acids is 2. The highest BCUT2D eigenvalue weighted by Crippen LogP contribution is 2.20. The second-order valence-corrected chi connectivity index (χ2v) is 9.58. The Morgan fingerprint density at radius 1 is 1.10 bits per heavy atom. The topological polar surface area (TPSA) is 133 Å². The molecule has 2 atom stereocenters. The van der Waals surface area contributed by atoms with Crippen molar-refractivity contribution in [2.75, 3.05) is 39.3 Å². The van der Waals surface area contributed by atoms with Crippen molar-refractivity contribution in [1.82, 2.24) is 25.0 Å². The first-order chi connectivity index (χ1) is 18.4. The summed E-state index contributed by atoms with van der Waals surface area (Å²) in [6.45, 7) is 4.71. The van der Waals surface area contributed by atoms with Crippen LogP contribution in [-0.4, -0.2) is 101 Å². The van der Waals surface area contributed by atoms with E-state index < -0.39 is 24.3 Å². The summed E-state index contributed by atoms with van der Waals surface area (Å²) in [5.41, 5.74) is 0.419. The molecular weight excluding hydrogens is 530 g/mol. The molecule has 0 aromatic carbocycles. The Balaban J connectivity index is 0.000000532. The maximum atomic E-state index is 14.0. The lowest BCUT2D eigenvalue weighted by Crippen LogP contribution is -2.49. The first-order valence-corrected chi connectivity index (χ1v) is 12.7. The zero-order valence-electron chi connectivity index (χ0n) is 21.3. The lowest BCUT2D eigenvalue weighted by atomic mass is 10.0. The fourth-order valence-electron chi connectivity index (χ4n) is 4.55. The van der Waals surface area contributed by atoms with Gasteiger partial charge in [-0.15, -0.1) is 0 Å². The number of ether oxygens (including phenoxy) is 1. The standard InChI is InChI=1S/C22H32FN5O4.C2HF3O2/c23-18-14-24-7-3-19(18)32-17-4-9-26(10-5-17)12-13-27-8-1-2-16(21(27)30)15-28-11-6-20(29)25-22(28)31;3-2(4,5)1(6)7/h1-2,8,17-19,24H,3-7,9-15H2,(H,25,29,31);(H,6,7)/t18-,19-;/m1./s1. The van der Waals surface area contributed by atoms with Crippen molar-refractivity contribution in [3.63, 3.8) is 0 Å². The van der Waals surface area contributed by atoms with E-state index >= 15 is 0 Å². The van der Waals surface area contributed by atoms with Crippen LogP contribution in [0.1, 0.15) is 31.2 Å². The first kappa shape index (κ1) is 30.5. The summed E-state index contributed by atoms with van der Waals surface area (Å²) in [5, 5.41) is 12.5. The van der Waals surface area contributed by atoms with Gasteiger partial charge in [-0.2, -0.15) is 13.2 Å². The maximum absolute atomic E-state index is 14.0. The molecule has 39 heavy (non-hydrogen) atoms. The van der Waals surface area contributed by atoms with Crippen molar-refractivity contribution in [2.24, 2.45) is 0 Å². The number of piperidine rings is 2. The van der Waals surface area contributed by atoms with Crippen LogP contribution < -0.4 is 16.2 Å². The molecule has 3 amide bonds. The minimum Gasteiger partial charge on any atom is -0.475 e. The van der Waals surface area contributed by atoms with Gasteiger partial charge in [0.25, 0.3) is 5.56 Å². The van der Waals surface area contributed by atoms with E-state index in [9.17, 15) is 31.9 Å². The predicted octanol–water partition coefficient (Wildman–Crippen LogP) is 1.10. The zero-order chi connectivity index (χ0) is 28.6. The molecule has 0 saturated carbocycles. The van der Waals surface area contributed by atoms with Crippen LogP contribution in [0.2, 0.25) is 0 Å². The Hall–Kier alpha value is -3.04. The van der Waals surface area contributed by atoms with Crippen molar-refractivity contribution in [3.05, 3.63) is 34.2 Å². The van der Waals surface area contributed by atoms with Gasteiger partial charge in [0.05, 0.1) is 18.8 Å². The molecule has 11 nitrogen and oxygen atoms in total. The van der Waals surface area contributed by atoms with Gasteiger partial charge in [0.2, 0.25) is 5.91 Å². The van der Waals surface area contributed by atoms with Crippen LogP contribution in [0.15, 0.2) is 23.1 Å².